The Balaban J connectivity index is 1.67. The molecule has 1 heterocycles. The van der Waals surface area contributed by atoms with Crippen LogP contribution < -0.4 is 5.32 Å². The van der Waals surface area contributed by atoms with Gasteiger partial charge in [0, 0.05) is 19.8 Å². The Hall–Kier alpha value is -0.940. The lowest BCUT2D eigenvalue weighted by atomic mass is 9.87. The molecule has 2 rings (SSSR count). The molecule has 5 heteroatoms. The minimum Gasteiger partial charge on any atom is -0.393 e. The Morgan fingerprint density at radius 1 is 1.56 bits per heavy atom. The molecule has 1 fully saturated rings. The maximum atomic E-state index is 9.55. The highest BCUT2D eigenvalue weighted by Gasteiger charge is 2.19. The topological polar surface area (TPSA) is 63.0 Å². The summed E-state index contributed by atoms with van der Waals surface area (Å²) in [5.74, 6) is 0.612. The smallest absolute Gasteiger partial charge is 0.0964 e. The van der Waals surface area contributed by atoms with E-state index in [1.54, 1.807) is 4.68 Å². The van der Waals surface area contributed by atoms with Crippen LogP contribution >= 0.6 is 0 Å². The molecule has 0 bridgehead atoms. The Bertz CT molecular complexity index is 326. The molecule has 2 N–H and O–H groups in total. The second kappa shape index (κ2) is 5.41. The third-order valence-electron chi connectivity index (χ3n) is 3.14. The summed E-state index contributed by atoms with van der Waals surface area (Å²) in [5.41, 5.74) is 0.971. The Morgan fingerprint density at radius 2 is 2.44 bits per heavy atom. The minimum absolute atomic E-state index is 0.0860. The number of aromatic nitrogens is 3. The Labute approximate surface area is 95.8 Å². The summed E-state index contributed by atoms with van der Waals surface area (Å²) in [4.78, 5) is 0. The second-order valence-corrected chi connectivity index (χ2v) is 4.70. The highest BCUT2D eigenvalue weighted by atomic mass is 16.3. The van der Waals surface area contributed by atoms with Crippen molar-refractivity contribution in [2.45, 2.75) is 38.3 Å². The van der Waals surface area contributed by atoms with Gasteiger partial charge in [-0.2, -0.15) is 0 Å². The SMILES string of the molecule is Cn1cc(CNCC2CCCC(O)C2)nn1. The molecule has 1 aliphatic carbocycles. The average molecular weight is 224 g/mol. The third kappa shape index (κ3) is 3.28. The molecule has 5 nitrogen and oxygen atoms in total. The van der Waals surface area contributed by atoms with Gasteiger partial charge < -0.3 is 10.4 Å². The van der Waals surface area contributed by atoms with Crippen LogP contribution in [0.15, 0.2) is 6.20 Å². The van der Waals surface area contributed by atoms with Crippen molar-refractivity contribution in [3.8, 4) is 0 Å². The van der Waals surface area contributed by atoms with Gasteiger partial charge in [0.05, 0.1) is 11.8 Å². The number of aliphatic hydroxyl groups is 1. The largest absolute Gasteiger partial charge is 0.393 e. The number of aryl methyl sites for hydroxylation is 1. The number of nitrogens with one attached hydrogen (secondary N) is 1. The van der Waals surface area contributed by atoms with E-state index in [2.05, 4.69) is 15.6 Å². The molecule has 1 aliphatic rings. The first-order valence-electron chi connectivity index (χ1n) is 5.98. The van der Waals surface area contributed by atoms with Gasteiger partial charge in [0.25, 0.3) is 0 Å². The van der Waals surface area contributed by atoms with Gasteiger partial charge in [0.15, 0.2) is 0 Å². The fraction of sp³-hybridized carbons (Fsp3) is 0.818. The molecule has 16 heavy (non-hydrogen) atoms. The number of nitrogens with zero attached hydrogens (tertiary/aromatic N) is 3. The molecular weight excluding hydrogens is 204 g/mol. The Morgan fingerprint density at radius 3 is 3.12 bits per heavy atom. The van der Waals surface area contributed by atoms with Crippen molar-refractivity contribution >= 4 is 0 Å². The maximum absolute atomic E-state index is 9.55. The van der Waals surface area contributed by atoms with Gasteiger partial charge in [-0.05, 0) is 31.7 Å². The van der Waals surface area contributed by atoms with Crippen molar-refractivity contribution in [3.63, 3.8) is 0 Å². The fourth-order valence-electron chi connectivity index (χ4n) is 2.33. The van der Waals surface area contributed by atoms with E-state index in [0.29, 0.717) is 5.92 Å². The van der Waals surface area contributed by atoms with Crippen molar-refractivity contribution < 1.29 is 5.11 Å². The quantitative estimate of drug-likeness (QED) is 0.779. The molecule has 1 aromatic heterocycles. The normalized spacial score (nSPS) is 25.9. The van der Waals surface area contributed by atoms with E-state index in [1.807, 2.05) is 13.2 Å². The van der Waals surface area contributed by atoms with Crippen molar-refractivity contribution in [1.29, 1.82) is 0 Å². The second-order valence-electron chi connectivity index (χ2n) is 4.70. The Kier molecular flexibility index (Phi) is 3.90. The molecule has 0 spiro atoms. The standard InChI is InChI=1S/C11H20N4O/c1-15-8-10(13-14-15)7-12-6-9-3-2-4-11(16)5-9/h8-9,11-12,16H,2-7H2,1H3. The summed E-state index contributed by atoms with van der Waals surface area (Å²) in [6.45, 7) is 1.73. The summed E-state index contributed by atoms with van der Waals surface area (Å²) in [5, 5.41) is 20.8. The average Bonchev–Trinajstić information content (AvgIpc) is 2.64. The van der Waals surface area contributed by atoms with Crippen molar-refractivity contribution in [1.82, 2.24) is 20.3 Å². The zero-order valence-electron chi connectivity index (χ0n) is 9.76. The summed E-state index contributed by atoms with van der Waals surface area (Å²) in [7, 11) is 1.87. The monoisotopic (exact) mass is 224 g/mol. The molecule has 0 saturated heterocycles. The van der Waals surface area contributed by atoms with E-state index in [9.17, 15) is 5.11 Å². The van der Waals surface area contributed by atoms with Crippen LogP contribution in [0.5, 0.6) is 0 Å². The summed E-state index contributed by atoms with van der Waals surface area (Å²) >= 11 is 0. The predicted octanol–water partition coefficient (Wildman–Crippen LogP) is 0.456. The van der Waals surface area contributed by atoms with Crippen molar-refractivity contribution in [2.75, 3.05) is 6.54 Å². The lowest BCUT2D eigenvalue weighted by molar-refractivity contribution is 0.101. The molecule has 1 aromatic rings. The van der Waals surface area contributed by atoms with Gasteiger partial charge >= 0.3 is 0 Å². The van der Waals surface area contributed by atoms with Crippen molar-refractivity contribution in [3.05, 3.63) is 11.9 Å². The number of rotatable bonds is 4. The molecule has 0 aliphatic heterocycles. The van der Waals surface area contributed by atoms with Crippen LogP contribution in [0.1, 0.15) is 31.4 Å². The molecular formula is C11H20N4O. The first-order chi connectivity index (χ1) is 7.74. The minimum atomic E-state index is -0.0860. The molecule has 1 saturated carbocycles. The van der Waals surface area contributed by atoms with Gasteiger partial charge in [0.2, 0.25) is 0 Å². The zero-order chi connectivity index (χ0) is 11.4. The van der Waals surface area contributed by atoms with Gasteiger partial charge in [-0.3, -0.25) is 4.68 Å². The van der Waals surface area contributed by atoms with E-state index in [-0.39, 0.29) is 6.10 Å². The predicted molar refractivity (Wildman–Crippen MR) is 60.7 cm³/mol. The number of aliphatic hydroxyl groups excluding tert-OH is 1. The van der Waals surface area contributed by atoms with E-state index < -0.39 is 0 Å². The van der Waals surface area contributed by atoms with Crippen LogP contribution in [0.2, 0.25) is 0 Å². The molecule has 0 aromatic carbocycles. The molecule has 0 radical (unpaired) electrons. The van der Waals surface area contributed by atoms with Gasteiger partial charge in [-0.25, -0.2) is 0 Å². The molecule has 2 atom stereocenters. The van der Waals surface area contributed by atoms with Gasteiger partial charge in [-0.15, -0.1) is 5.10 Å². The summed E-state index contributed by atoms with van der Waals surface area (Å²) in [6.07, 6.45) is 6.12. The van der Waals surface area contributed by atoms with Crippen LogP contribution in [0.4, 0.5) is 0 Å². The van der Waals surface area contributed by atoms with E-state index in [4.69, 9.17) is 0 Å². The highest BCUT2D eigenvalue weighted by Crippen LogP contribution is 2.23. The summed E-state index contributed by atoms with van der Waals surface area (Å²) in [6, 6.07) is 0. The molecule has 2 unspecified atom stereocenters. The third-order valence-corrected chi connectivity index (χ3v) is 3.14. The van der Waals surface area contributed by atoms with Crippen molar-refractivity contribution in [2.24, 2.45) is 13.0 Å². The van der Waals surface area contributed by atoms with E-state index in [1.165, 1.54) is 6.42 Å². The lowest BCUT2D eigenvalue weighted by Crippen LogP contribution is -2.29. The fourth-order valence-corrected chi connectivity index (χ4v) is 2.33. The van der Waals surface area contributed by atoms with Crippen LogP contribution in [0, 0.1) is 5.92 Å². The molecule has 90 valence electrons. The lowest BCUT2D eigenvalue weighted by Gasteiger charge is -2.25. The van der Waals surface area contributed by atoms with E-state index >= 15 is 0 Å². The van der Waals surface area contributed by atoms with E-state index in [0.717, 1.165) is 38.0 Å². The highest BCUT2D eigenvalue weighted by molar-refractivity contribution is 4.91. The zero-order valence-corrected chi connectivity index (χ0v) is 9.76. The van der Waals surface area contributed by atoms with Gasteiger partial charge in [-0.1, -0.05) is 11.6 Å². The molecule has 0 amide bonds. The first kappa shape index (κ1) is 11.5. The number of hydrogen-bond donors (Lipinski definition) is 2. The van der Waals surface area contributed by atoms with Crippen LogP contribution in [0.25, 0.3) is 0 Å². The van der Waals surface area contributed by atoms with Crippen LogP contribution in [-0.4, -0.2) is 32.7 Å². The van der Waals surface area contributed by atoms with Gasteiger partial charge in [0.1, 0.15) is 0 Å². The van der Waals surface area contributed by atoms with Crippen LogP contribution in [0.3, 0.4) is 0 Å². The first-order valence-corrected chi connectivity index (χ1v) is 5.98. The summed E-state index contributed by atoms with van der Waals surface area (Å²) < 4.78 is 1.71. The maximum Gasteiger partial charge on any atom is 0.0964 e. The van der Waals surface area contributed by atoms with Crippen LogP contribution in [-0.2, 0) is 13.6 Å². The number of hydrogen-bond acceptors (Lipinski definition) is 4.